The lowest BCUT2D eigenvalue weighted by Crippen LogP contribution is -2.52. The molecule has 0 aromatic heterocycles. The van der Waals surface area contributed by atoms with Crippen LogP contribution in [0.2, 0.25) is 0 Å². The van der Waals surface area contributed by atoms with Crippen LogP contribution >= 0.6 is 0 Å². The topological polar surface area (TPSA) is 102 Å². The quantitative estimate of drug-likeness (QED) is 0.585. The van der Waals surface area contributed by atoms with E-state index in [1.165, 1.54) is 26.2 Å². The molecule has 0 spiro atoms. The molecule has 0 unspecified atom stereocenters. The van der Waals surface area contributed by atoms with E-state index in [9.17, 15) is 18.0 Å². The molecule has 2 fully saturated rings. The first-order chi connectivity index (χ1) is 14.8. The van der Waals surface area contributed by atoms with Crippen LogP contribution in [0.4, 0.5) is 5.69 Å². The number of hydrogen-bond acceptors (Lipinski definition) is 7. The van der Waals surface area contributed by atoms with Crippen LogP contribution in [0.15, 0.2) is 29.2 Å². The summed E-state index contributed by atoms with van der Waals surface area (Å²) in [5, 5.41) is 2.81. The summed E-state index contributed by atoms with van der Waals surface area (Å²) < 4.78 is 30.7. The van der Waals surface area contributed by atoms with Gasteiger partial charge in [0.15, 0.2) is 0 Å². The minimum Gasteiger partial charge on any atom is -0.378 e. The zero-order valence-corrected chi connectivity index (χ0v) is 18.9. The average Bonchev–Trinajstić information content (AvgIpc) is 2.76. The van der Waals surface area contributed by atoms with Crippen molar-refractivity contribution in [1.82, 2.24) is 19.0 Å². The normalized spacial score (nSPS) is 18.9. The molecule has 0 aliphatic carbocycles. The molecule has 11 heteroatoms. The number of carbonyl (C=O) groups is 2. The fourth-order valence-electron chi connectivity index (χ4n) is 3.53. The Morgan fingerprint density at radius 3 is 2.03 bits per heavy atom. The number of nitrogens with one attached hydrogen (secondary N) is 1. The van der Waals surface area contributed by atoms with Crippen molar-refractivity contribution < 1.29 is 22.7 Å². The average molecular weight is 454 g/mol. The number of piperazine rings is 1. The second-order valence-corrected chi connectivity index (χ2v) is 10.1. The Bertz CT molecular complexity index is 860. The number of sulfonamides is 1. The van der Waals surface area contributed by atoms with Gasteiger partial charge in [-0.2, -0.15) is 0 Å². The summed E-state index contributed by atoms with van der Waals surface area (Å²) in [4.78, 5) is 30.9. The van der Waals surface area contributed by atoms with Crippen LogP contribution in [0, 0.1) is 0 Å². The molecule has 0 saturated carbocycles. The van der Waals surface area contributed by atoms with E-state index in [4.69, 9.17) is 4.74 Å². The molecule has 0 radical (unpaired) electrons. The van der Waals surface area contributed by atoms with Crippen LogP contribution in [0.3, 0.4) is 0 Å². The Morgan fingerprint density at radius 1 is 0.935 bits per heavy atom. The zero-order chi connectivity index (χ0) is 22.4. The number of rotatable bonds is 7. The fraction of sp³-hybridized carbons (Fsp3) is 0.600. The van der Waals surface area contributed by atoms with E-state index in [2.05, 4.69) is 15.1 Å². The van der Waals surface area contributed by atoms with Gasteiger partial charge in [-0.3, -0.25) is 19.4 Å². The van der Waals surface area contributed by atoms with E-state index in [0.717, 1.165) is 17.4 Å². The minimum atomic E-state index is -3.49. The second-order valence-electron chi connectivity index (χ2n) is 7.91. The van der Waals surface area contributed by atoms with Crippen molar-refractivity contribution in [3.05, 3.63) is 24.3 Å². The van der Waals surface area contributed by atoms with Crippen LogP contribution in [-0.4, -0.2) is 119 Å². The first kappa shape index (κ1) is 23.6. The number of morpholine rings is 1. The van der Waals surface area contributed by atoms with Crippen molar-refractivity contribution in [1.29, 1.82) is 0 Å². The standard InChI is InChI=1S/C20H31N5O5S/c1-22(2)31(28,29)18-5-3-17(4-6-18)21-19(26)15-23-7-9-24(10-8-23)16-20(27)25-11-13-30-14-12-25/h3-6H,7-16H2,1-2H3,(H,21,26). The summed E-state index contributed by atoms with van der Waals surface area (Å²) in [5.41, 5.74) is 0.553. The van der Waals surface area contributed by atoms with Gasteiger partial charge in [0.2, 0.25) is 21.8 Å². The Balaban J connectivity index is 1.41. The summed E-state index contributed by atoms with van der Waals surface area (Å²) >= 11 is 0. The van der Waals surface area contributed by atoms with E-state index < -0.39 is 10.0 Å². The maximum absolute atomic E-state index is 12.4. The number of anilines is 1. The highest BCUT2D eigenvalue weighted by Gasteiger charge is 2.24. The molecule has 2 saturated heterocycles. The highest BCUT2D eigenvalue weighted by atomic mass is 32.2. The van der Waals surface area contributed by atoms with Gasteiger partial charge in [-0.15, -0.1) is 0 Å². The third kappa shape index (κ3) is 6.47. The zero-order valence-electron chi connectivity index (χ0n) is 18.1. The summed E-state index contributed by atoms with van der Waals surface area (Å²) in [6, 6.07) is 6.14. The molecule has 1 aromatic rings. The molecule has 2 aliphatic rings. The molecule has 1 aromatic carbocycles. The van der Waals surface area contributed by atoms with Gasteiger partial charge in [0.25, 0.3) is 0 Å². The third-order valence-electron chi connectivity index (χ3n) is 5.47. The lowest BCUT2D eigenvalue weighted by Gasteiger charge is -2.35. The molecule has 3 rings (SSSR count). The molecule has 0 bridgehead atoms. The van der Waals surface area contributed by atoms with E-state index in [1.54, 1.807) is 12.1 Å². The Hall–Kier alpha value is -2.05. The SMILES string of the molecule is CN(C)S(=O)(=O)c1ccc(NC(=O)CN2CCN(CC(=O)N3CCOCC3)CC2)cc1. The van der Waals surface area contributed by atoms with Crippen LogP contribution < -0.4 is 5.32 Å². The number of hydrogen-bond donors (Lipinski definition) is 1. The van der Waals surface area contributed by atoms with Crippen molar-refractivity contribution in [2.24, 2.45) is 0 Å². The van der Waals surface area contributed by atoms with Crippen LogP contribution in [-0.2, 0) is 24.3 Å². The van der Waals surface area contributed by atoms with Crippen LogP contribution in [0.5, 0.6) is 0 Å². The number of carbonyl (C=O) groups excluding carboxylic acids is 2. The molecular formula is C20H31N5O5S. The van der Waals surface area contributed by atoms with Crippen molar-refractivity contribution in [3.8, 4) is 0 Å². The molecule has 2 heterocycles. The monoisotopic (exact) mass is 453 g/mol. The Morgan fingerprint density at radius 2 is 1.48 bits per heavy atom. The van der Waals surface area contributed by atoms with Crippen molar-refractivity contribution in [3.63, 3.8) is 0 Å². The molecule has 1 N–H and O–H groups in total. The fourth-order valence-corrected chi connectivity index (χ4v) is 4.44. The van der Waals surface area contributed by atoms with Gasteiger partial charge < -0.3 is 15.0 Å². The summed E-state index contributed by atoms with van der Waals surface area (Å²) in [6.45, 7) is 6.06. The van der Waals surface area contributed by atoms with Gasteiger partial charge >= 0.3 is 0 Å². The molecule has 10 nitrogen and oxygen atoms in total. The smallest absolute Gasteiger partial charge is 0.242 e. The number of ether oxygens (including phenoxy) is 1. The molecular weight excluding hydrogens is 422 g/mol. The maximum atomic E-state index is 12.4. The maximum Gasteiger partial charge on any atom is 0.242 e. The second kappa shape index (κ2) is 10.5. The van der Waals surface area contributed by atoms with Crippen molar-refractivity contribution in [2.75, 3.05) is 85.0 Å². The largest absolute Gasteiger partial charge is 0.378 e. The highest BCUT2D eigenvalue weighted by Crippen LogP contribution is 2.16. The minimum absolute atomic E-state index is 0.134. The van der Waals surface area contributed by atoms with Gasteiger partial charge in [-0.1, -0.05) is 0 Å². The van der Waals surface area contributed by atoms with Gasteiger partial charge in [-0.25, -0.2) is 12.7 Å². The van der Waals surface area contributed by atoms with Crippen LogP contribution in [0.25, 0.3) is 0 Å². The molecule has 2 aliphatic heterocycles. The van der Waals surface area contributed by atoms with E-state index in [1.807, 2.05) is 4.90 Å². The number of nitrogens with zero attached hydrogens (tertiary/aromatic N) is 4. The Kier molecular flexibility index (Phi) is 8.00. The van der Waals surface area contributed by atoms with Crippen LogP contribution in [0.1, 0.15) is 0 Å². The lowest BCUT2D eigenvalue weighted by molar-refractivity contribution is -0.137. The first-order valence-electron chi connectivity index (χ1n) is 10.4. The molecule has 2 amide bonds. The van der Waals surface area contributed by atoms with E-state index >= 15 is 0 Å². The first-order valence-corrected chi connectivity index (χ1v) is 11.8. The van der Waals surface area contributed by atoms with Gasteiger partial charge in [0.1, 0.15) is 0 Å². The Labute approximate surface area is 183 Å². The van der Waals surface area contributed by atoms with E-state index in [0.29, 0.717) is 51.6 Å². The van der Waals surface area contributed by atoms with Crippen molar-refractivity contribution >= 4 is 27.5 Å². The number of benzene rings is 1. The predicted molar refractivity (Wildman–Crippen MR) is 116 cm³/mol. The molecule has 31 heavy (non-hydrogen) atoms. The van der Waals surface area contributed by atoms with Gasteiger partial charge in [0.05, 0.1) is 31.2 Å². The van der Waals surface area contributed by atoms with Crippen molar-refractivity contribution in [2.45, 2.75) is 4.90 Å². The summed E-state index contributed by atoms with van der Waals surface area (Å²) in [5.74, 6) is -0.0183. The lowest BCUT2D eigenvalue weighted by atomic mass is 10.3. The summed E-state index contributed by atoms with van der Waals surface area (Å²) in [6.07, 6.45) is 0. The highest BCUT2D eigenvalue weighted by molar-refractivity contribution is 7.89. The third-order valence-corrected chi connectivity index (χ3v) is 7.30. The molecule has 0 atom stereocenters. The molecule has 172 valence electrons. The predicted octanol–water partition coefficient (Wildman–Crippen LogP) is -0.648. The summed E-state index contributed by atoms with van der Waals surface area (Å²) in [7, 11) is -0.541. The van der Waals surface area contributed by atoms with Gasteiger partial charge in [0, 0.05) is 59.1 Å². The van der Waals surface area contributed by atoms with Gasteiger partial charge in [-0.05, 0) is 24.3 Å². The number of amides is 2. The van der Waals surface area contributed by atoms with E-state index in [-0.39, 0.29) is 23.3 Å².